The van der Waals surface area contributed by atoms with Crippen LogP contribution >= 0.6 is 0 Å². The van der Waals surface area contributed by atoms with Gasteiger partial charge in [-0.1, -0.05) is 12.1 Å². The number of nitrogens with zero attached hydrogens (tertiary/aromatic N) is 3. The molecule has 2 aromatic rings. The number of nitrogens with one attached hydrogen (secondary N) is 2. The number of anilines is 3. The first-order valence-corrected chi connectivity index (χ1v) is 5.77. The van der Waals surface area contributed by atoms with E-state index in [1.165, 1.54) is 0 Å². The number of rotatable bonds is 5. The van der Waals surface area contributed by atoms with Gasteiger partial charge >= 0.3 is 0 Å². The molecule has 7 nitrogen and oxygen atoms in total. The molecule has 2 rings (SSSR count). The van der Waals surface area contributed by atoms with E-state index in [9.17, 15) is 0 Å². The lowest BCUT2D eigenvalue weighted by atomic mass is 10.2. The lowest BCUT2D eigenvalue weighted by molar-refractivity contribution is 0.414. The maximum atomic E-state index is 5.58. The lowest BCUT2D eigenvalue weighted by Gasteiger charge is -2.07. The van der Waals surface area contributed by atoms with Crippen molar-refractivity contribution in [2.75, 3.05) is 30.5 Å². The van der Waals surface area contributed by atoms with Crippen LogP contribution in [0.4, 0.5) is 17.8 Å². The Balaban J connectivity index is 2.03. The minimum Gasteiger partial charge on any atom is -0.497 e. The summed E-state index contributed by atoms with van der Waals surface area (Å²) in [6, 6.07) is 7.74. The van der Waals surface area contributed by atoms with E-state index >= 15 is 0 Å². The first-order chi connectivity index (χ1) is 9.21. The van der Waals surface area contributed by atoms with E-state index in [1.807, 2.05) is 24.3 Å². The van der Waals surface area contributed by atoms with E-state index in [-0.39, 0.29) is 5.95 Å². The minimum absolute atomic E-state index is 0.177. The Morgan fingerprint density at radius 2 is 1.79 bits per heavy atom. The number of nitrogens with two attached hydrogens (primary N) is 1. The van der Waals surface area contributed by atoms with Gasteiger partial charge in [0.2, 0.25) is 17.8 Å². The average molecular weight is 260 g/mol. The fourth-order valence-electron chi connectivity index (χ4n) is 1.51. The van der Waals surface area contributed by atoms with Crippen molar-refractivity contribution in [2.24, 2.45) is 0 Å². The van der Waals surface area contributed by atoms with Crippen LogP contribution < -0.4 is 21.1 Å². The van der Waals surface area contributed by atoms with Gasteiger partial charge < -0.3 is 21.1 Å². The van der Waals surface area contributed by atoms with E-state index in [4.69, 9.17) is 10.5 Å². The number of hydrogen-bond acceptors (Lipinski definition) is 7. The molecular formula is C12H16N6O. The van der Waals surface area contributed by atoms with Crippen LogP contribution in [0, 0.1) is 0 Å². The summed E-state index contributed by atoms with van der Waals surface area (Å²) in [5, 5.41) is 5.91. The third-order valence-corrected chi connectivity index (χ3v) is 2.49. The summed E-state index contributed by atoms with van der Waals surface area (Å²) in [4.78, 5) is 12.1. The fourth-order valence-corrected chi connectivity index (χ4v) is 1.51. The second-order valence-corrected chi connectivity index (χ2v) is 3.79. The Bertz CT molecular complexity index is 542. The third kappa shape index (κ3) is 3.44. The van der Waals surface area contributed by atoms with Gasteiger partial charge in [0.25, 0.3) is 0 Å². The van der Waals surface area contributed by atoms with Crippen LogP contribution in [0.5, 0.6) is 5.75 Å². The zero-order chi connectivity index (χ0) is 13.7. The van der Waals surface area contributed by atoms with E-state index in [0.29, 0.717) is 18.4 Å². The van der Waals surface area contributed by atoms with Gasteiger partial charge in [0.05, 0.1) is 7.11 Å². The highest BCUT2D eigenvalue weighted by atomic mass is 16.5. The summed E-state index contributed by atoms with van der Waals surface area (Å²) >= 11 is 0. The van der Waals surface area contributed by atoms with Gasteiger partial charge in [-0.25, -0.2) is 0 Å². The number of aromatic nitrogens is 3. The zero-order valence-corrected chi connectivity index (χ0v) is 10.8. The number of methoxy groups -OCH3 is 1. The summed E-state index contributed by atoms with van der Waals surface area (Å²) in [5.41, 5.74) is 6.67. The van der Waals surface area contributed by atoms with Crippen molar-refractivity contribution in [2.45, 2.75) is 6.54 Å². The molecule has 0 atom stereocenters. The predicted molar refractivity (Wildman–Crippen MR) is 74.1 cm³/mol. The molecule has 0 bridgehead atoms. The van der Waals surface area contributed by atoms with E-state index in [1.54, 1.807) is 14.2 Å². The van der Waals surface area contributed by atoms with Crippen molar-refractivity contribution in [1.29, 1.82) is 0 Å². The van der Waals surface area contributed by atoms with Crippen LogP contribution in [0.2, 0.25) is 0 Å². The Labute approximate surface area is 111 Å². The highest BCUT2D eigenvalue weighted by Gasteiger charge is 2.02. The summed E-state index contributed by atoms with van der Waals surface area (Å²) < 4.78 is 5.10. The molecule has 0 saturated heterocycles. The van der Waals surface area contributed by atoms with Crippen molar-refractivity contribution in [3.05, 3.63) is 29.8 Å². The van der Waals surface area contributed by atoms with E-state index in [2.05, 4.69) is 25.6 Å². The number of ether oxygens (including phenoxy) is 1. The molecule has 1 heterocycles. The van der Waals surface area contributed by atoms with Gasteiger partial charge in [-0.15, -0.1) is 0 Å². The van der Waals surface area contributed by atoms with E-state index < -0.39 is 0 Å². The molecule has 0 unspecified atom stereocenters. The van der Waals surface area contributed by atoms with Gasteiger partial charge in [-0.2, -0.15) is 15.0 Å². The van der Waals surface area contributed by atoms with Gasteiger partial charge in [0, 0.05) is 13.6 Å². The maximum Gasteiger partial charge on any atom is 0.229 e. The monoisotopic (exact) mass is 260 g/mol. The molecular weight excluding hydrogens is 244 g/mol. The summed E-state index contributed by atoms with van der Waals surface area (Å²) in [7, 11) is 3.36. The second kappa shape index (κ2) is 5.85. The molecule has 4 N–H and O–H groups in total. The number of nitrogen functional groups attached to an aromatic ring is 1. The van der Waals surface area contributed by atoms with Crippen LogP contribution in [0.25, 0.3) is 0 Å². The minimum atomic E-state index is 0.177. The van der Waals surface area contributed by atoms with Crippen molar-refractivity contribution >= 4 is 17.8 Å². The highest BCUT2D eigenvalue weighted by Crippen LogP contribution is 2.13. The molecule has 1 aromatic heterocycles. The molecule has 100 valence electrons. The quantitative estimate of drug-likeness (QED) is 0.740. The zero-order valence-electron chi connectivity index (χ0n) is 10.8. The maximum absolute atomic E-state index is 5.58. The molecule has 0 aliphatic carbocycles. The molecule has 0 amide bonds. The van der Waals surface area contributed by atoms with Crippen LogP contribution in [-0.4, -0.2) is 29.1 Å². The number of hydrogen-bond donors (Lipinski definition) is 3. The van der Waals surface area contributed by atoms with Crippen LogP contribution in [0.3, 0.4) is 0 Å². The van der Waals surface area contributed by atoms with Crippen LogP contribution in [0.1, 0.15) is 5.56 Å². The Kier molecular flexibility index (Phi) is 3.97. The Morgan fingerprint density at radius 1 is 1.11 bits per heavy atom. The number of benzene rings is 1. The molecule has 7 heteroatoms. The highest BCUT2D eigenvalue weighted by molar-refractivity contribution is 5.40. The topological polar surface area (TPSA) is 98.0 Å². The van der Waals surface area contributed by atoms with Crippen molar-refractivity contribution < 1.29 is 4.74 Å². The lowest BCUT2D eigenvalue weighted by Crippen LogP contribution is -2.09. The van der Waals surface area contributed by atoms with Crippen molar-refractivity contribution in [1.82, 2.24) is 15.0 Å². The predicted octanol–water partition coefficient (Wildman–Crippen LogP) is 1.12. The van der Waals surface area contributed by atoms with Gasteiger partial charge in [0.1, 0.15) is 5.75 Å². The Morgan fingerprint density at radius 3 is 2.42 bits per heavy atom. The first-order valence-electron chi connectivity index (χ1n) is 5.77. The molecule has 1 aromatic carbocycles. The van der Waals surface area contributed by atoms with Crippen LogP contribution in [-0.2, 0) is 6.54 Å². The molecule has 0 aliphatic heterocycles. The molecule has 0 aliphatic rings. The summed E-state index contributed by atoms with van der Waals surface area (Å²) in [6.07, 6.45) is 0. The van der Waals surface area contributed by atoms with Gasteiger partial charge in [-0.3, -0.25) is 0 Å². The largest absolute Gasteiger partial charge is 0.497 e. The third-order valence-electron chi connectivity index (χ3n) is 2.49. The van der Waals surface area contributed by atoms with Gasteiger partial charge in [0.15, 0.2) is 0 Å². The Hall–Kier alpha value is -2.57. The van der Waals surface area contributed by atoms with Gasteiger partial charge in [-0.05, 0) is 17.7 Å². The first kappa shape index (κ1) is 12.9. The standard InChI is InChI=1S/C12H16N6O/c1-14-11-16-10(13)17-12(18-11)15-7-8-3-5-9(19-2)6-4-8/h3-6H,7H2,1-2H3,(H4,13,14,15,16,17,18). The summed E-state index contributed by atoms with van der Waals surface area (Å²) in [6.45, 7) is 0.594. The fraction of sp³-hybridized carbons (Fsp3) is 0.250. The molecule has 19 heavy (non-hydrogen) atoms. The molecule has 0 spiro atoms. The van der Waals surface area contributed by atoms with Crippen molar-refractivity contribution in [3.8, 4) is 5.75 Å². The second-order valence-electron chi connectivity index (χ2n) is 3.79. The smallest absolute Gasteiger partial charge is 0.229 e. The molecule has 0 fully saturated rings. The van der Waals surface area contributed by atoms with Crippen molar-refractivity contribution in [3.63, 3.8) is 0 Å². The molecule has 0 radical (unpaired) electrons. The average Bonchev–Trinajstić information content (AvgIpc) is 2.45. The molecule has 0 saturated carbocycles. The SMILES string of the molecule is CNc1nc(N)nc(NCc2ccc(OC)cc2)n1. The van der Waals surface area contributed by atoms with Crippen LogP contribution in [0.15, 0.2) is 24.3 Å². The summed E-state index contributed by atoms with van der Waals surface area (Å²) in [5.74, 6) is 1.87. The normalized spacial score (nSPS) is 10.0. The van der Waals surface area contributed by atoms with E-state index in [0.717, 1.165) is 11.3 Å².